The quantitative estimate of drug-likeness (QED) is 0.507. The molecule has 0 bridgehead atoms. The summed E-state index contributed by atoms with van der Waals surface area (Å²) < 4.78 is 12.0. The number of ether oxygens (including phenoxy) is 1. The van der Waals surface area contributed by atoms with Crippen LogP contribution in [0.2, 0.25) is 0 Å². The lowest BCUT2D eigenvalue weighted by Crippen LogP contribution is -2.50. The topological polar surface area (TPSA) is 88.9 Å². The third-order valence-electron chi connectivity index (χ3n) is 5.97. The van der Waals surface area contributed by atoms with E-state index in [1.807, 2.05) is 30.3 Å². The Morgan fingerprint density at radius 1 is 0.971 bits per heavy atom. The maximum atomic E-state index is 13.9. The Labute approximate surface area is 195 Å². The largest absolute Gasteiger partial charge is 0.477 e. The number of carbonyl (C=O) groups is 2. The molecule has 4 aromatic rings. The molecule has 1 N–H and O–H groups in total. The summed E-state index contributed by atoms with van der Waals surface area (Å²) in [6, 6.07) is 21.3. The summed E-state index contributed by atoms with van der Waals surface area (Å²) in [4.78, 5) is 40.9. The van der Waals surface area contributed by atoms with Crippen LogP contribution in [0, 0.1) is 6.92 Å². The fraction of sp³-hybridized carbons (Fsp3) is 0.148. The predicted molar refractivity (Wildman–Crippen MR) is 129 cm³/mol. The summed E-state index contributed by atoms with van der Waals surface area (Å²) in [5.74, 6) is 0.127. The third-order valence-corrected chi connectivity index (χ3v) is 5.97. The highest BCUT2D eigenvalue weighted by Gasteiger charge is 2.34. The highest BCUT2D eigenvalue weighted by molar-refractivity contribution is 6.14. The Morgan fingerprint density at radius 3 is 2.47 bits per heavy atom. The zero-order valence-corrected chi connectivity index (χ0v) is 18.7. The number of likely N-dealkylation sites (N-methyl/N-ethyl adjacent to an activating group) is 1. The molecule has 5 rings (SSSR count). The highest BCUT2D eigenvalue weighted by atomic mass is 16.5. The van der Waals surface area contributed by atoms with Crippen molar-refractivity contribution in [3.05, 3.63) is 94.1 Å². The Hall–Kier alpha value is -4.39. The maximum Gasteiger partial charge on any atom is 0.262 e. The molecule has 2 amide bonds. The van der Waals surface area contributed by atoms with Crippen LogP contribution in [0.5, 0.6) is 5.75 Å². The highest BCUT2D eigenvalue weighted by Crippen LogP contribution is 2.35. The van der Waals surface area contributed by atoms with Gasteiger partial charge >= 0.3 is 0 Å². The number of hydrogen-bond donors (Lipinski definition) is 1. The smallest absolute Gasteiger partial charge is 0.262 e. The molecule has 7 nitrogen and oxygen atoms in total. The monoisotopic (exact) mass is 454 g/mol. The van der Waals surface area contributed by atoms with Crippen LogP contribution >= 0.6 is 0 Å². The van der Waals surface area contributed by atoms with Crippen LogP contribution in [0.15, 0.2) is 82.0 Å². The normalized spacial score (nSPS) is 14.9. The van der Waals surface area contributed by atoms with Crippen molar-refractivity contribution in [2.45, 2.75) is 13.0 Å². The molecular formula is C27H22N2O5. The average Bonchev–Trinajstić information content (AvgIpc) is 2.89. The second-order valence-electron chi connectivity index (χ2n) is 8.04. The fourth-order valence-electron chi connectivity index (χ4n) is 4.21. The molecule has 0 radical (unpaired) electrons. The molecule has 0 aliphatic carbocycles. The molecule has 7 heteroatoms. The van der Waals surface area contributed by atoms with Gasteiger partial charge < -0.3 is 19.4 Å². The lowest BCUT2D eigenvalue weighted by molar-refractivity contribution is -0.127. The first-order valence-corrected chi connectivity index (χ1v) is 10.9. The molecule has 0 fully saturated rings. The van der Waals surface area contributed by atoms with Gasteiger partial charge in [-0.15, -0.1) is 0 Å². The Bertz CT molecular complexity index is 1480. The summed E-state index contributed by atoms with van der Waals surface area (Å²) >= 11 is 0. The molecule has 1 aliphatic rings. The van der Waals surface area contributed by atoms with E-state index in [0.717, 1.165) is 5.56 Å². The first kappa shape index (κ1) is 21.5. The lowest BCUT2D eigenvalue weighted by Gasteiger charge is -2.34. The van der Waals surface area contributed by atoms with Crippen LogP contribution in [0.4, 0.5) is 5.69 Å². The molecule has 1 aromatic heterocycles. The molecule has 1 aliphatic heterocycles. The average molecular weight is 454 g/mol. The van der Waals surface area contributed by atoms with Gasteiger partial charge in [-0.3, -0.25) is 14.4 Å². The standard InChI is InChI=1S/C27H22N2O5/c1-16-23(30)18-11-8-12-19(25(18)34-24(16)17-9-4-3-5-10-17)27(32)29-15-22(26(31)28-2)33-21-14-7-6-13-20(21)29/h3-14,22H,15H2,1-2H3,(H,28,31)/t22-/m0/s1. The Kier molecular flexibility index (Phi) is 5.37. The van der Waals surface area contributed by atoms with Crippen LogP contribution in [-0.2, 0) is 4.79 Å². The minimum Gasteiger partial charge on any atom is -0.477 e. The van der Waals surface area contributed by atoms with Crippen molar-refractivity contribution in [1.29, 1.82) is 0 Å². The number of para-hydroxylation sites is 3. The minimum absolute atomic E-state index is 0.0214. The van der Waals surface area contributed by atoms with E-state index in [2.05, 4.69) is 5.32 Å². The number of nitrogens with zero attached hydrogens (tertiary/aromatic N) is 1. The Morgan fingerprint density at radius 2 is 1.71 bits per heavy atom. The van der Waals surface area contributed by atoms with Gasteiger partial charge in [0.05, 0.1) is 23.2 Å². The summed E-state index contributed by atoms with van der Waals surface area (Å²) in [5.41, 5.74) is 2.02. The zero-order valence-electron chi connectivity index (χ0n) is 18.7. The van der Waals surface area contributed by atoms with E-state index >= 15 is 0 Å². The van der Waals surface area contributed by atoms with E-state index in [9.17, 15) is 14.4 Å². The van der Waals surface area contributed by atoms with Gasteiger partial charge in [-0.2, -0.15) is 0 Å². The summed E-state index contributed by atoms with van der Waals surface area (Å²) in [6.45, 7) is 1.74. The number of fused-ring (bicyclic) bond motifs is 2. The second kappa shape index (κ2) is 8.51. The van der Waals surface area contributed by atoms with Crippen LogP contribution in [0.1, 0.15) is 15.9 Å². The van der Waals surface area contributed by atoms with E-state index < -0.39 is 6.10 Å². The SMILES string of the molecule is CNC(=O)[C@@H]1CN(C(=O)c2cccc3c(=O)c(C)c(-c4ccccc4)oc23)c2ccccc2O1. The Balaban J connectivity index is 1.67. The molecule has 2 heterocycles. The first-order chi connectivity index (χ1) is 16.5. The van der Waals surface area contributed by atoms with Crippen molar-refractivity contribution in [1.82, 2.24) is 5.32 Å². The van der Waals surface area contributed by atoms with Crippen molar-refractivity contribution < 1.29 is 18.7 Å². The van der Waals surface area contributed by atoms with Crippen LogP contribution in [0.3, 0.4) is 0 Å². The molecular weight excluding hydrogens is 432 g/mol. The van der Waals surface area contributed by atoms with E-state index in [-0.39, 0.29) is 34.9 Å². The third kappa shape index (κ3) is 3.51. The molecule has 0 saturated heterocycles. The van der Waals surface area contributed by atoms with Crippen LogP contribution in [-0.4, -0.2) is 31.5 Å². The van der Waals surface area contributed by atoms with Gasteiger partial charge in [0.15, 0.2) is 17.1 Å². The van der Waals surface area contributed by atoms with Gasteiger partial charge in [-0.05, 0) is 31.2 Å². The second-order valence-corrected chi connectivity index (χ2v) is 8.04. The fourth-order valence-corrected chi connectivity index (χ4v) is 4.21. The van der Waals surface area contributed by atoms with E-state index in [0.29, 0.717) is 28.1 Å². The van der Waals surface area contributed by atoms with Crippen molar-refractivity contribution >= 4 is 28.5 Å². The maximum absolute atomic E-state index is 13.9. The molecule has 3 aromatic carbocycles. The molecule has 1 atom stereocenters. The van der Waals surface area contributed by atoms with Crippen LogP contribution in [0.25, 0.3) is 22.3 Å². The molecule has 0 spiro atoms. The first-order valence-electron chi connectivity index (χ1n) is 10.9. The van der Waals surface area contributed by atoms with Crippen molar-refractivity contribution in [3.8, 4) is 17.1 Å². The van der Waals surface area contributed by atoms with Crippen LogP contribution < -0.4 is 20.4 Å². The number of carbonyl (C=O) groups excluding carboxylic acids is 2. The van der Waals surface area contributed by atoms with E-state index in [1.165, 1.54) is 11.9 Å². The van der Waals surface area contributed by atoms with Crippen molar-refractivity contribution in [2.24, 2.45) is 0 Å². The summed E-state index contributed by atoms with van der Waals surface area (Å²) in [6.07, 6.45) is -0.868. The number of rotatable bonds is 3. The van der Waals surface area contributed by atoms with Gasteiger partial charge in [-0.1, -0.05) is 48.5 Å². The van der Waals surface area contributed by atoms with Gasteiger partial charge in [-0.25, -0.2) is 0 Å². The zero-order chi connectivity index (χ0) is 23.8. The molecule has 0 saturated carbocycles. The lowest BCUT2D eigenvalue weighted by atomic mass is 10.0. The summed E-state index contributed by atoms with van der Waals surface area (Å²) in [5, 5.41) is 2.90. The van der Waals surface area contributed by atoms with Crippen molar-refractivity contribution in [2.75, 3.05) is 18.5 Å². The van der Waals surface area contributed by atoms with Gasteiger partial charge in [0.25, 0.3) is 11.8 Å². The van der Waals surface area contributed by atoms with Crippen molar-refractivity contribution in [3.63, 3.8) is 0 Å². The van der Waals surface area contributed by atoms with E-state index in [4.69, 9.17) is 9.15 Å². The number of amides is 2. The molecule has 34 heavy (non-hydrogen) atoms. The minimum atomic E-state index is -0.868. The van der Waals surface area contributed by atoms with Gasteiger partial charge in [0.2, 0.25) is 0 Å². The van der Waals surface area contributed by atoms with Gasteiger partial charge in [0.1, 0.15) is 11.5 Å². The number of nitrogens with one attached hydrogen (secondary N) is 1. The number of anilines is 1. The molecule has 170 valence electrons. The number of benzene rings is 3. The van der Waals surface area contributed by atoms with E-state index in [1.54, 1.807) is 49.4 Å². The number of hydrogen-bond acceptors (Lipinski definition) is 5. The van der Waals surface area contributed by atoms with Gasteiger partial charge in [0, 0.05) is 18.2 Å². The molecule has 0 unspecified atom stereocenters. The summed E-state index contributed by atoms with van der Waals surface area (Å²) in [7, 11) is 1.52. The predicted octanol–water partition coefficient (Wildman–Crippen LogP) is 3.92.